The van der Waals surface area contributed by atoms with Crippen LogP contribution in [0, 0.1) is 0 Å². The highest BCUT2D eigenvalue weighted by Crippen LogP contribution is 2.30. The van der Waals surface area contributed by atoms with Gasteiger partial charge in [0.05, 0.1) is 21.4 Å². The summed E-state index contributed by atoms with van der Waals surface area (Å²) < 4.78 is 0. The van der Waals surface area contributed by atoms with E-state index in [0.29, 0.717) is 15.7 Å². The molecule has 0 fully saturated rings. The van der Waals surface area contributed by atoms with Crippen molar-refractivity contribution in [3.63, 3.8) is 0 Å². The molecule has 0 heterocycles. The predicted molar refractivity (Wildman–Crippen MR) is 118 cm³/mol. The first-order chi connectivity index (χ1) is 13.6. The average Bonchev–Trinajstić information content (AvgIpc) is 2.72. The van der Waals surface area contributed by atoms with Crippen LogP contribution < -0.4 is 10.2 Å². The minimum atomic E-state index is -0.292. The summed E-state index contributed by atoms with van der Waals surface area (Å²) in [5.41, 5.74) is 2.10. The van der Waals surface area contributed by atoms with E-state index in [4.69, 9.17) is 23.2 Å². The van der Waals surface area contributed by atoms with E-state index in [-0.39, 0.29) is 6.03 Å². The van der Waals surface area contributed by atoms with E-state index in [1.165, 1.54) is 0 Å². The number of nitrogens with one attached hydrogen (secondary N) is 1. The van der Waals surface area contributed by atoms with Gasteiger partial charge in [0.1, 0.15) is 0 Å². The van der Waals surface area contributed by atoms with E-state index in [0.717, 1.165) is 22.1 Å². The van der Waals surface area contributed by atoms with Gasteiger partial charge in [-0.2, -0.15) is 0 Å². The molecular formula is C23H16Cl2N2O. The Kier molecular flexibility index (Phi) is 5.20. The second-order valence-electron chi connectivity index (χ2n) is 6.26. The predicted octanol–water partition coefficient (Wildman–Crippen LogP) is 7.52. The number of hydrogen-bond donors (Lipinski definition) is 1. The molecule has 0 aliphatic carbocycles. The first-order valence-electron chi connectivity index (χ1n) is 8.72. The maximum atomic E-state index is 13.2. The summed E-state index contributed by atoms with van der Waals surface area (Å²) in [6.07, 6.45) is 0. The normalized spacial score (nSPS) is 10.6. The Labute approximate surface area is 173 Å². The third-order valence-corrected chi connectivity index (χ3v) is 5.12. The van der Waals surface area contributed by atoms with Crippen molar-refractivity contribution in [3.05, 3.63) is 101 Å². The molecule has 28 heavy (non-hydrogen) atoms. The lowest BCUT2D eigenvalue weighted by molar-refractivity contribution is 0.259. The Balaban J connectivity index is 1.74. The highest BCUT2D eigenvalue weighted by molar-refractivity contribution is 6.42. The van der Waals surface area contributed by atoms with Crippen LogP contribution in [0.1, 0.15) is 0 Å². The van der Waals surface area contributed by atoms with E-state index in [9.17, 15) is 4.79 Å². The summed E-state index contributed by atoms with van der Waals surface area (Å²) in [5.74, 6) is 0. The molecule has 0 unspecified atom stereocenters. The molecule has 0 saturated heterocycles. The molecular weight excluding hydrogens is 391 g/mol. The summed E-state index contributed by atoms with van der Waals surface area (Å²) in [6, 6.07) is 28.2. The van der Waals surface area contributed by atoms with E-state index in [1.54, 1.807) is 23.1 Å². The molecule has 0 aliphatic rings. The van der Waals surface area contributed by atoms with Gasteiger partial charge in [-0.3, -0.25) is 4.90 Å². The number of amides is 2. The number of anilines is 3. The number of hydrogen-bond acceptors (Lipinski definition) is 1. The molecule has 0 aliphatic heterocycles. The summed E-state index contributed by atoms with van der Waals surface area (Å²) in [7, 11) is 0. The zero-order valence-electron chi connectivity index (χ0n) is 14.8. The Morgan fingerprint density at radius 2 is 1.39 bits per heavy atom. The van der Waals surface area contributed by atoms with Crippen LogP contribution in [0.3, 0.4) is 0 Å². The number of halogens is 2. The third-order valence-electron chi connectivity index (χ3n) is 4.38. The van der Waals surface area contributed by atoms with Crippen LogP contribution in [0.5, 0.6) is 0 Å². The Morgan fingerprint density at radius 3 is 2.14 bits per heavy atom. The Morgan fingerprint density at radius 1 is 0.679 bits per heavy atom. The average molecular weight is 407 g/mol. The van der Waals surface area contributed by atoms with E-state index in [2.05, 4.69) is 5.32 Å². The fourth-order valence-electron chi connectivity index (χ4n) is 3.03. The zero-order chi connectivity index (χ0) is 19.5. The highest BCUT2D eigenvalue weighted by Gasteiger charge is 2.19. The molecule has 4 aromatic rings. The molecule has 0 bridgehead atoms. The van der Waals surface area contributed by atoms with Gasteiger partial charge in [0.25, 0.3) is 0 Å². The van der Waals surface area contributed by atoms with Crippen LogP contribution in [-0.4, -0.2) is 6.03 Å². The lowest BCUT2D eigenvalue weighted by atomic mass is 10.1. The van der Waals surface area contributed by atoms with Crippen molar-refractivity contribution in [2.75, 3.05) is 10.2 Å². The molecule has 138 valence electrons. The lowest BCUT2D eigenvalue weighted by Crippen LogP contribution is -2.30. The molecule has 0 atom stereocenters. The van der Waals surface area contributed by atoms with Crippen molar-refractivity contribution in [2.24, 2.45) is 0 Å². The highest BCUT2D eigenvalue weighted by atomic mass is 35.5. The molecule has 3 nitrogen and oxygen atoms in total. The molecule has 0 aromatic heterocycles. The maximum Gasteiger partial charge on any atom is 0.330 e. The number of urea groups is 1. The molecule has 0 saturated carbocycles. The minimum absolute atomic E-state index is 0.292. The lowest BCUT2D eigenvalue weighted by Gasteiger charge is -2.24. The van der Waals surface area contributed by atoms with Gasteiger partial charge in [-0.15, -0.1) is 0 Å². The molecule has 0 spiro atoms. The number of benzene rings is 4. The van der Waals surface area contributed by atoms with Gasteiger partial charge in [0.15, 0.2) is 0 Å². The van der Waals surface area contributed by atoms with E-state index >= 15 is 0 Å². The molecule has 4 rings (SSSR count). The first-order valence-corrected chi connectivity index (χ1v) is 9.47. The standard InChI is InChI=1S/C23H16Cl2N2O/c24-21-13-11-18(15-22(21)25)26-23(28)27(19-8-2-1-3-9-19)20-12-10-16-6-4-5-7-17(16)14-20/h1-15H,(H,26,28). The van der Waals surface area contributed by atoms with Crippen molar-refractivity contribution < 1.29 is 4.79 Å². The SMILES string of the molecule is O=C(Nc1ccc(Cl)c(Cl)c1)N(c1ccccc1)c1ccc2ccccc2c1. The van der Waals surface area contributed by atoms with Crippen LogP contribution in [-0.2, 0) is 0 Å². The van der Waals surface area contributed by atoms with E-state index < -0.39 is 0 Å². The molecule has 5 heteroatoms. The number of carbonyl (C=O) groups is 1. The minimum Gasteiger partial charge on any atom is -0.307 e. The van der Waals surface area contributed by atoms with Crippen LogP contribution >= 0.6 is 23.2 Å². The molecule has 1 N–H and O–H groups in total. The van der Waals surface area contributed by atoms with Gasteiger partial charge >= 0.3 is 6.03 Å². The van der Waals surface area contributed by atoms with Crippen molar-refractivity contribution >= 4 is 57.1 Å². The fourth-order valence-corrected chi connectivity index (χ4v) is 3.33. The smallest absolute Gasteiger partial charge is 0.307 e. The van der Waals surface area contributed by atoms with Crippen molar-refractivity contribution in [1.29, 1.82) is 0 Å². The summed E-state index contributed by atoms with van der Waals surface area (Å²) in [4.78, 5) is 14.8. The summed E-state index contributed by atoms with van der Waals surface area (Å²) >= 11 is 12.1. The van der Waals surface area contributed by atoms with E-state index in [1.807, 2.05) is 72.8 Å². The second kappa shape index (κ2) is 7.93. The number of rotatable bonds is 3. The van der Waals surface area contributed by atoms with Crippen LogP contribution in [0.25, 0.3) is 10.8 Å². The number of para-hydroxylation sites is 1. The number of nitrogens with zero attached hydrogens (tertiary/aromatic N) is 1. The van der Waals surface area contributed by atoms with Gasteiger partial charge in [0.2, 0.25) is 0 Å². The largest absolute Gasteiger partial charge is 0.330 e. The van der Waals surface area contributed by atoms with Gasteiger partial charge in [0, 0.05) is 5.69 Å². The second-order valence-corrected chi connectivity index (χ2v) is 7.08. The summed E-state index contributed by atoms with van der Waals surface area (Å²) in [6.45, 7) is 0. The summed E-state index contributed by atoms with van der Waals surface area (Å²) in [5, 5.41) is 5.90. The molecule has 2 amide bonds. The van der Waals surface area contributed by atoms with Crippen molar-refractivity contribution in [2.45, 2.75) is 0 Å². The fraction of sp³-hybridized carbons (Fsp3) is 0. The number of fused-ring (bicyclic) bond motifs is 1. The molecule has 0 radical (unpaired) electrons. The Hall–Kier alpha value is -3.01. The Bertz CT molecular complexity index is 1150. The van der Waals surface area contributed by atoms with Gasteiger partial charge in [-0.1, -0.05) is 71.7 Å². The molecule has 4 aromatic carbocycles. The quantitative estimate of drug-likeness (QED) is 0.374. The monoisotopic (exact) mass is 406 g/mol. The van der Waals surface area contributed by atoms with Gasteiger partial charge < -0.3 is 5.32 Å². The third kappa shape index (κ3) is 3.81. The number of carbonyl (C=O) groups excluding carboxylic acids is 1. The maximum absolute atomic E-state index is 13.2. The van der Waals surface area contributed by atoms with Gasteiger partial charge in [-0.05, 0) is 53.2 Å². The van der Waals surface area contributed by atoms with Crippen LogP contribution in [0.15, 0.2) is 91.0 Å². The topological polar surface area (TPSA) is 32.3 Å². The zero-order valence-corrected chi connectivity index (χ0v) is 16.3. The van der Waals surface area contributed by atoms with Crippen molar-refractivity contribution in [1.82, 2.24) is 0 Å². The first kappa shape index (κ1) is 18.4. The van der Waals surface area contributed by atoms with Crippen LogP contribution in [0.2, 0.25) is 10.0 Å². The van der Waals surface area contributed by atoms with Crippen LogP contribution in [0.4, 0.5) is 21.9 Å². The van der Waals surface area contributed by atoms with Crippen molar-refractivity contribution in [3.8, 4) is 0 Å². The van der Waals surface area contributed by atoms with Gasteiger partial charge in [-0.25, -0.2) is 4.79 Å².